The minimum absolute atomic E-state index is 0.277. The summed E-state index contributed by atoms with van der Waals surface area (Å²) in [5.74, 6) is 3.12. The summed E-state index contributed by atoms with van der Waals surface area (Å²) in [6.07, 6.45) is 1.00. The molecule has 1 unspecified atom stereocenters. The highest BCUT2D eigenvalue weighted by Gasteiger charge is 2.21. The number of halogens is 1. The van der Waals surface area contributed by atoms with E-state index < -0.39 is 0 Å². The van der Waals surface area contributed by atoms with Crippen molar-refractivity contribution in [1.82, 2.24) is 14.8 Å². The molecule has 0 N–H and O–H groups in total. The highest BCUT2D eigenvalue weighted by Crippen LogP contribution is 2.27. The van der Waals surface area contributed by atoms with Crippen LogP contribution in [0.4, 0.5) is 0 Å². The van der Waals surface area contributed by atoms with E-state index in [1.165, 1.54) is 5.56 Å². The van der Waals surface area contributed by atoms with Crippen LogP contribution in [0.5, 0.6) is 0 Å². The van der Waals surface area contributed by atoms with Gasteiger partial charge in [-0.3, -0.25) is 0 Å². The molecule has 0 aliphatic heterocycles. The SMILES string of the molecule is CCC(c1ccccc1)c1nnc(CCl)n1CC(C)C. The van der Waals surface area contributed by atoms with Crippen LogP contribution in [0.2, 0.25) is 0 Å². The van der Waals surface area contributed by atoms with Crippen molar-refractivity contribution in [1.29, 1.82) is 0 Å². The summed E-state index contributed by atoms with van der Waals surface area (Å²) in [6.45, 7) is 7.50. The first kappa shape index (κ1) is 15.0. The molecule has 1 aromatic heterocycles. The van der Waals surface area contributed by atoms with Crippen LogP contribution in [0.1, 0.15) is 50.3 Å². The molecule has 0 spiro atoms. The van der Waals surface area contributed by atoms with E-state index in [0.29, 0.717) is 11.8 Å². The van der Waals surface area contributed by atoms with Crippen molar-refractivity contribution in [3.05, 3.63) is 47.5 Å². The van der Waals surface area contributed by atoms with Gasteiger partial charge in [0.1, 0.15) is 11.6 Å². The standard InChI is InChI=1S/C16H22ClN3/c1-4-14(13-8-6-5-7-9-13)16-19-18-15(10-17)20(16)11-12(2)3/h5-9,12,14H,4,10-11H2,1-3H3. The summed E-state index contributed by atoms with van der Waals surface area (Å²) < 4.78 is 2.19. The van der Waals surface area contributed by atoms with Crippen LogP contribution >= 0.6 is 11.6 Å². The zero-order valence-electron chi connectivity index (χ0n) is 12.4. The number of nitrogens with zero attached hydrogens (tertiary/aromatic N) is 3. The largest absolute Gasteiger partial charge is 0.313 e. The fourth-order valence-electron chi connectivity index (χ4n) is 2.52. The van der Waals surface area contributed by atoms with Crippen molar-refractivity contribution in [3.8, 4) is 0 Å². The fourth-order valence-corrected chi connectivity index (χ4v) is 2.72. The van der Waals surface area contributed by atoms with Gasteiger partial charge in [0.2, 0.25) is 0 Å². The summed E-state index contributed by atoms with van der Waals surface area (Å²) in [7, 11) is 0. The molecular weight excluding hydrogens is 270 g/mol. The third-order valence-electron chi connectivity index (χ3n) is 3.45. The zero-order valence-corrected chi connectivity index (χ0v) is 13.1. The Bertz CT molecular complexity index is 534. The van der Waals surface area contributed by atoms with Crippen molar-refractivity contribution in [2.75, 3.05) is 0 Å². The first-order chi connectivity index (χ1) is 9.67. The summed E-state index contributed by atoms with van der Waals surface area (Å²) in [4.78, 5) is 0. The molecule has 3 nitrogen and oxygen atoms in total. The Balaban J connectivity index is 2.42. The normalized spacial score (nSPS) is 12.8. The molecule has 20 heavy (non-hydrogen) atoms. The Hall–Kier alpha value is -1.35. The highest BCUT2D eigenvalue weighted by atomic mass is 35.5. The van der Waals surface area contributed by atoms with Crippen molar-refractivity contribution < 1.29 is 0 Å². The van der Waals surface area contributed by atoms with Crippen LogP contribution in [0, 0.1) is 5.92 Å². The highest BCUT2D eigenvalue weighted by molar-refractivity contribution is 6.16. The molecule has 4 heteroatoms. The van der Waals surface area contributed by atoms with Crippen molar-refractivity contribution >= 4 is 11.6 Å². The van der Waals surface area contributed by atoms with Gasteiger partial charge < -0.3 is 4.57 Å². The van der Waals surface area contributed by atoms with E-state index in [0.717, 1.165) is 24.6 Å². The molecule has 1 heterocycles. The van der Waals surface area contributed by atoms with Crippen LogP contribution in [0.25, 0.3) is 0 Å². The molecule has 2 rings (SSSR count). The molecule has 108 valence electrons. The van der Waals surface area contributed by atoms with E-state index in [4.69, 9.17) is 11.6 Å². The van der Waals surface area contributed by atoms with E-state index in [1.54, 1.807) is 0 Å². The monoisotopic (exact) mass is 291 g/mol. The maximum absolute atomic E-state index is 6.00. The van der Waals surface area contributed by atoms with Crippen molar-refractivity contribution in [2.45, 2.75) is 45.5 Å². The van der Waals surface area contributed by atoms with Gasteiger partial charge in [0.15, 0.2) is 0 Å². The molecule has 0 aliphatic carbocycles. The van der Waals surface area contributed by atoms with Gasteiger partial charge in [-0.15, -0.1) is 21.8 Å². The predicted molar refractivity (Wildman–Crippen MR) is 83.0 cm³/mol. The van der Waals surface area contributed by atoms with E-state index in [9.17, 15) is 0 Å². The lowest BCUT2D eigenvalue weighted by atomic mass is 9.95. The second-order valence-electron chi connectivity index (χ2n) is 5.48. The average Bonchev–Trinajstić information content (AvgIpc) is 2.83. The maximum Gasteiger partial charge on any atom is 0.147 e. The lowest BCUT2D eigenvalue weighted by Gasteiger charge is -2.18. The Morgan fingerprint density at radius 1 is 1.15 bits per heavy atom. The molecule has 0 fully saturated rings. The van der Waals surface area contributed by atoms with E-state index in [1.807, 2.05) is 6.07 Å². The maximum atomic E-state index is 6.00. The smallest absolute Gasteiger partial charge is 0.147 e. The number of alkyl halides is 1. The van der Waals surface area contributed by atoms with Crippen LogP contribution < -0.4 is 0 Å². The zero-order chi connectivity index (χ0) is 14.5. The van der Waals surface area contributed by atoms with E-state index in [-0.39, 0.29) is 5.92 Å². The van der Waals surface area contributed by atoms with Gasteiger partial charge >= 0.3 is 0 Å². The molecule has 2 aromatic rings. The summed E-state index contributed by atoms with van der Waals surface area (Å²) in [6, 6.07) is 10.5. The molecule has 0 saturated heterocycles. The molecule has 0 radical (unpaired) electrons. The molecule has 1 aromatic carbocycles. The Morgan fingerprint density at radius 3 is 2.40 bits per heavy atom. The van der Waals surface area contributed by atoms with Gasteiger partial charge in [0, 0.05) is 12.5 Å². The van der Waals surface area contributed by atoms with Gasteiger partial charge in [-0.2, -0.15) is 0 Å². The second-order valence-corrected chi connectivity index (χ2v) is 5.75. The summed E-state index contributed by atoms with van der Waals surface area (Å²) >= 11 is 6.00. The third-order valence-corrected chi connectivity index (χ3v) is 3.68. The Kier molecular flexibility index (Phi) is 5.18. The topological polar surface area (TPSA) is 30.7 Å². The molecule has 0 amide bonds. The molecule has 0 saturated carbocycles. The Morgan fingerprint density at radius 2 is 1.85 bits per heavy atom. The first-order valence-corrected chi connectivity index (χ1v) is 7.73. The molecule has 0 bridgehead atoms. The third kappa shape index (κ3) is 3.21. The van der Waals surface area contributed by atoms with Gasteiger partial charge in [-0.1, -0.05) is 51.1 Å². The molecular formula is C16H22ClN3. The van der Waals surface area contributed by atoms with Gasteiger partial charge in [-0.25, -0.2) is 0 Å². The van der Waals surface area contributed by atoms with Crippen LogP contribution in [-0.4, -0.2) is 14.8 Å². The summed E-state index contributed by atoms with van der Waals surface area (Å²) in [5.41, 5.74) is 1.29. The minimum atomic E-state index is 0.277. The van der Waals surface area contributed by atoms with Crippen LogP contribution in [0.15, 0.2) is 30.3 Å². The van der Waals surface area contributed by atoms with Gasteiger partial charge in [0.25, 0.3) is 0 Å². The lowest BCUT2D eigenvalue weighted by Crippen LogP contribution is -2.15. The average molecular weight is 292 g/mol. The van der Waals surface area contributed by atoms with Crippen LogP contribution in [0.3, 0.4) is 0 Å². The quantitative estimate of drug-likeness (QED) is 0.746. The van der Waals surface area contributed by atoms with Crippen molar-refractivity contribution in [2.24, 2.45) is 5.92 Å². The first-order valence-electron chi connectivity index (χ1n) is 7.20. The number of hydrogen-bond acceptors (Lipinski definition) is 2. The van der Waals surface area contributed by atoms with Crippen LogP contribution in [-0.2, 0) is 12.4 Å². The number of benzene rings is 1. The van der Waals surface area contributed by atoms with Crippen molar-refractivity contribution in [3.63, 3.8) is 0 Å². The number of aromatic nitrogens is 3. The molecule has 1 atom stereocenters. The Labute approximate surface area is 126 Å². The van der Waals surface area contributed by atoms with Gasteiger partial charge in [0.05, 0.1) is 5.88 Å². The number of rotatable bonds is 6. The second kappa shape index (κ2) is 6.89. The predicted octanol–water partition coefficient (Wildman–Crippen LogP) is 4.21. The molecule has 0 aliphatic rings. The minimum Gasteiger partial charge on any atom is -0.313 e. The number of hydrogen-bond donors (Lipinski definition) is 0. The lowest BCUT2D eigenvalue weighted by molar-refractivity contribution is 0.486. The van der Waals surface area contributed by atoms with E-state index >= 15 is 0 Å². The van der Waals surface area contributed by atoms with Gasteiger partial charge in [-0.05, 0) is 17.9 Å². The van der Waals surface area contributed by atoms with E-state index in [2.05, 4.69) is 59.8 Å². The fraction of sp³-hybridized carbons (Fsp3) is 0.500. The summed E-state index contributed by atoms with van der Waals surface area (Å²) in [5, 5.41) is 8.68.